The molecular weight excluding hydrogens is 413 g/mol. The molecule has 0 aliphatic carbocycles. The first kappa shape index (κ1) is 20.1. The van der Waals surface area contributed by atoms with E-state index in [-0.39, 0.29) is 47.1 Å². The van der Waals surface area contributed by atoms with Crippen LogP contribution in [-0.2, 0) is 0 Å². The fourth-order valence-corrected chi connectivity index (χ4v) is 2.19. The van der Waals surface area contributed by atoms with Crippen LogP contribution in [0.5, 0.6) is 5.88 Å². The van der Waals surface area contributed by atoms with Crippen molar-refractivity contribution in [3.8, 4) is 5.88 Å². The first-order valence-electron chi connectivity index (χ1n) is 7.99. The van der Waals surface area contributed by atoms with Crippen LogP contribution in [0, 0.1) is 5.82 Å². The number of halogens is 2. The minimum Gasteiger partial charge on any atom is -0.474 e. The van der Waals surface area contributed by atoms with Gasteiger partial charge in [0, 0.05) is 6.54 Å². The van der Waals surface area contributed by atoms with E-state index in [1.165, 1.54) is 12.1 Å². The number of aromatic amines is 1. The molecule has 0 unspecified atom stereocenters. The third-order valence-corrected chi connectivity index (χ3v) is 3.62. The Morgan fingerprint density at radius 3 is 3.00 bits per heavy atom. The molecule has 2 heterocycles. The molecule has 3 rings (SSSR count). The Hall–Kier alpha value is -3.65. The highest BCUT2D eigenvalue weighted by atomic mass is 35.5. The van der Waals surface area contributed by atoms with E-state index in [1.807, 2.05) is 5.48 Å². The number of hydrogen-bond acceptors (Lipinski definition) is 10. The Labute approximate surface area is 166 Å². The molecule has 0 aliphatic rings. The summed E-state index contributed by atoms with van der Waals surface area (Å²) in [4.78, 5) is 15.7. The number of amides is 1. The third kappa shape index (κ3) is 5.20. The topological polar surface area (TPSA) is 176 Å². The van der Waals surface area contributed by atoms with Crippen molar-refractivity contribution >= 4 is 29.0 Å². The molecule has 4 N–H and O–H groups in total. The van der Waals surface area contributed by atoms with Gasteiger partial charge in [0.1, 0.15) is 5.82 Å². The van der Waals surface area contributed by atoms with Gasteiger partial charge in [0.15, 0.2) is 5.84 Å². The van der Waals surface area contributed by atoms with Crippen LogP contribution in [0.2, 0.25) is 5.02 Å². The van der Waals surface area contributed by atoms with Gasteiger partial charge in [-0.1, -0.05) is 11.6 Å². The Morgan fingerprint density at radius 2 is 2.28 bits per heavy atom. The zero-order valence-electron chi connectivity index (χ0n) is 14.5. The predicted octanol–water partition coefficient (Wildman–Crippen LogP) is 0.631. The standard InChI is InChI=1S/C14H13ClFN9O4/c15-8-6-7(2-3-9(8)16)18-11(21-27)10-14(23-29-22-10)28-5-1-4-17-13(26)12-19-24-25-20-12/h2-3,6,27H,1,4-5H2,(H,17,26)(H,18,21)(H,19,20,24,25). The van der Waals surface area contributed by atoms with Gasteiger partial charge in [-0.15, -0.1) is 10.2 Å². The molecule has 1 aromatic carbocycles. The molecule has 2 aromatic heterocycles. The SMILES string of the molecule is O=C(NCCCOc1nonc1C(=Nc1ccc(F)c(Cl)c1)NO)c1nn[nH]n1. The van der Waals surface area contributed by atoms with Crippen molar-refractivity contribution in [1.29, 1.82) is 0 Å². The van der Waals surface area contributed by atoms with Gasteiger partial charge < -0.3 is 10.1 Å². The lowest BCUT2D eigenvalue weighted by Gasteiger charge is -2.06. The fourth-order valence-electron chi connectivity index (χ4n) is 2.01. The highest BCUT2D eigenvalue weighted by molar-refractivity contribution is 6.31. The van der Waals surface area contributed by atoms with Crippen LogP contribution in [0.3, 0.4) is 0 Å². The second-order valence-electron chi connectivity index (χ2n) is 5.28. The van der Waals surface area contributed by atoms with Crippen molar-refractivity contribution in [3.05, 3.63) is 40.6 Å². The van der Waals surface area contributed by atoms with Crippen molar-refractivity contribution in [3.63, 3.8) is 0 Å². The van der Waals surface area contributed by atoms with Crippen molar-refractivity contribution in [2.24, 2.45) is 4.99 Å². The Kier molecular flexibility index (Phi) is 6.59. The number of hydroxylamine groups is 1. The van der Waals surface area contributed by atoms with Crippen LogP contribution in [0.15, 0.2) is 27.8 Å². The van der Waals surface area contributed by atoms with Gasteiger partial charge in [-0.05, 0) is 40.1 Å². The molecule has 0 spiro atoms. The Bertz CT molecular complexity index is 995. The van der Waals surface area contributed by atoms with Crippen LogP contribution < -0.4 is 15.5 Å². The predicted molar refractivity (Wildman–Crippen MR) is 93.5 cm³/mol. The van der Waals surface area contributed by atoms with E-state index >= 15 is 0 Å². The monoisotopic (exact) mass is 425 g/mol. The number of tetrazole rings is 1. The average Bonchev–Trinajstić information content (AvgIpc) is 3.40. The van der Waals surface area contributed by atoms with Crippen molar-refractivity contribution in [2.45, 2.75) is 6.42 Å². The van der Waals surface area contributed by atoms with Crippen LogP contribution in [-0.4, -0.2) is 61.0 Å². The number of rotatable bonds is 8. The average molecular weight is 426 g/mol. The molecule has 0 radical (unpaired) electrons. The zero-order valence-corrected chi connectivity index (χ0v) is 15.2. The maximum absolute atomic E-state index is 13.2. The summed E-state index contributed by atoms with van der Waals surface area (Å²) in [6.45, 7) is 0.399. The van der Waals surface area contributed by atoms with Gasteiger partial charge in [0.25, 0.3) is 17.6 Å². The lowest BCUT2D eigenvalue weighted by molar-refractivity contribution is 0.0941. The summed E-state index contributed by atoms with van der Waals surface area (Å²) >= 11 is 5.71. The molecule has 3 aromatic rings. The number of benzene rings is 1. The van der Waals surface area contributed by atoms with Gasteiger partial charge in [0.2, 0.25) is 5.69 Å². The van der Waals surface area contributed by atoms with E-state index in [0.717, 1.165) is 6.07 Å². The molecule has 15 heteroatoms. The number of carbonyl (C=O) groups excluding carboxylic acids is 1. The number of hydrogen-bond donors (Lipinski definition) is 4. The minimum atomic E-state index is -0.609. The van der Waals surface area contributed by atoms with Gasteiger partial charge in [-0.2, -0.15) is 5.21 Å². The number of aromatic nitrogens is 6. The molecule has 0 aliphatic heterocycles. The van der Waals surface area contributed by atoms with E-state index < -0.39 is 11.7 Å². The molecule has 0 bridgehead atoms. The highest BCUT2D eigenvalue weighted by Crippen LogP contribution is 2.23. The Morgan fingerprint density at radius 1 is 1.41 bits per heavy atom. The van der Waals surface area contributed by atoms with Gasteiger partial charge in [-0.25, -0.2) is 14.0 Å². The van der Waals surface area contributed by atoms with Crippen molar-refractivity contribution in [2.75, 3.05) is 13.2 Å². The van der Waals surface area contributed by atoms with E-state index in [1.54, 1.807) is 0 Å². The molecule has 13 nitrogen and oxygen atoms in total. The van der Waals surface area contributed by atoms with E-state index in [9.17, 15) is 14.4 Å². The lowest BCUT2D eigenvalue weighted by atomic mass is 10.3. The molecule has 0 saturated carbocycles. The highest BCUT2D eigenvalue weighted by Gasteiger charge is 2.18. The summed E-state index contributed by atoms with van der Waals surface area (Å²) < 4.78 is 23.3. The molecule has 0 fully saturated rings. The lowest BCUT2D eigenvalue weighted by Crippen LogP contribution is -2.27. The van der Waals surface area contributed by atoms with Crippen LogP contribution in [0.4, 0.5) is 10.1 Å². The van der Waals surface area contributed by atoms with Crippen LogP contribution in [0.1, 0.15) is 22.7 Å². The minimum absolute atomic E-state index is 0.0243. The molecule has 0 atom stereocenters. The summed E-state index contributed by atoms with van der Waals surface area (Å²) in [5.74, 6) is -1.39. The first-order valence-corrected chi connectivity index (χ1v) is 8.37. The molecular formula is C14H13ClFN9O4. The second kappa shape index (κ2) is 9.52. The summed E-state index contributed by atoms with van der Waals surface area (Å²) in [7, 11) is 0. The second-order valence-corrected chi connectivity index (χ2v) is 5.69. The molecule has 1 amide bonds. The van der Waals surface area contributed by atoms with Crippen molar-refractivity contribution < 1.29 is 23.8 Å². The number of nitrogens with one attached hydrogen (secondary N) is 3. The number of amidine groups is 1. The fraction of sp³-hybridized carbons (Fsp3) is 0.214. The van der Waals surface area contributed by atoms with Crippen LogP contribution in [0.25, 0.3) is 0 Å². The van der Waals surface area contributed by atoms with E-state index in [4.69, 9.17) is 16.3 Å². The quantitative estimate of drug-likeness (QED) is 0.173. The first-order chi connectivity index (χ1) is 14.1. The maximum Gasteiger partial charge on any atom is 0.292 e. The van der Waals surface area contributed by atoms with Crippen LogP contribution >= 0.6 is 11.6 Å². The molecule has 152 valence electrons. The number of aliphatic imine (C=N–C) groups is 1. The number of H-pyrrole nitrogens is 1. The number of ether oxygens (including phenoxy) is 1. The Balaban J connectivity index is 1.57. The molecule has 29 heavy (non-hydrogen) atoms. The number of nitrogens with zero attached hydrogens (tertiary/aromatic N) is 6. The third-order valence-electron chi connectivity index (χ3n) is 3.33. The van der Waals surface area contributed by atoms with Gasteiger partial charge in [-0.3, -0.25) is 15.5 Å². The smallest absolute Gasteiger partial charge is 0.292 e. The van der Waals surface area contributed by atoms with Crippen molar-refractivity contribution in [1.82, 2.24) is 41.7 Å². The van der Waals surface area contributed by atoms with E-state index in [0.29, 0.717) is 6.42 Å². The summed E-state index contributed by atoms with van der Waals surface area (Å²) in [6, 6.07) is 3.73. The largest absolute Gasteiger partial charge is 0.474 e. The summed E-state index contributed by atoms with van der Waals surface area (Å²) in [5, 5.41) is 31.5. The molecule has 0 saturated heterocycles. The normalized spacial score (nSPS) is 11.3. The van der Waals surface area contributed by atoms with Gasteiger partial charge in [0.05, 0.1) is 17.3 Å². The van der Waals surface area contributed by atoms with E-state index in [2.05, 4.69) is 45.9 Å². The maximum atomic E-state index is 13.2. The summed E-state index contributed by atoms with van der Waals surface area (Å²) in [5.41, 5.74) is 2.07. The summed E-state index contributed by atoms with van der Waals surface area (Å²) in [6.07, 6.45) is 0.405. The van der Waals surface area contributed by atoms with Gasteiger partial charge >= 0.3 is 0 Å². The number of carbonyl (C=O) groups is 1. The zero-order chi connectivity index (χ0) is 20.6.